The minimum absolute atomic E-state index is 0.00787. The fraction of sp³-hybridized carbons (Fsp3) is 0.355. The zero-order chi connectivity index (χ0) is 32.1. The van der Waals surface area contributed by atoms with Crippen LogP contribution in [0.25, 0.3) is 0 Å². The van der Waals surface area contributed by atoms with Crippen LogP contribution in [0, 0.1) is 6.92 Å². The van der Waals surface area contributed by atoms with Gasteiger partial charge in [-0.1, -0.05) is 47.0 Å². The van der Waals surface area contributed by atoms with Crippen molar-refractivity contribution >= 4 is 50.7 Å². The second-order valence-electron chi connectivity index (χ2n) is 11.0. The maximum atomic E-state index is 14.1. The quantitative estimate of drug-likeness (QED) is 0.280. The first-order chi connectivity index (χ1) is 20.1. The number of amides is 2. The number of nitrogens with one attached hydrogen (secondary N) is 1. The van der Waals surface area contributed by atoms with Crippen LogP contribution in [0.15, 0.2) is 65.6 Å². The van der Waals surface area contributed by atoms with Crippen LogP contribution < -0.4 is 19.1 Å². The van der Waals surface area contributed by atoms with E-state index in [9.17, 15) is 18.0 Å². The summed E-state index contributed by atoms with van der Waals surface area (Å²) in [5.74, 6) is -0.380. The van der Waals surface area contributed by atoms with Crippen LogP contribution in [0.3, 0.4) is 0 Å². The molecule has 0 fully saturated rings. The number of ether oxygens (including phenoxy) is 2. The second-order valence-corrected chi connectivity index (χ2v) is 13.7. The number of nitrogens with zero attached hydrogens (tertiary/aromatic N) is 2. The molecule has 2 amide bonds. The molecule has 9 nitrogen and oxygen atoms in total. The van der Waals surface area contributed by atoms with Gasteiger partial charge in [-0.2, -0.15) is 0 Å². The normalized spacial score (nSPS) is 12.3. The summed E-state index contributed by atoms with van der Waals surface area (Å²) >= 11 is 12.5. The molecule has 1 N–H and O–H groups in total. The minimum Gasteiger partial charge on any atom is -0.493 e. The van der Waals surface area contributed by atoms with Crippen molar-refractivity contribution < 1.29 is 27.5 Å². The van der Waals surface area contributed by atoms with E-state index in [4.69, 9.17) is 32.7 Å². The third-order valence-corrected chi connectivity index (χ3v) is 8.94. The highest BCUT2D eigenvalue weighted by molar-refractivity contribution is 7.92. The fourth-order valence-electron chi connectivity index (χ4n) is 4.24. The van der Waals surface area contributed by atoms with Crippen molar-refractivity contribution in [2.75, 3.05) is 25.1 Å². The van der Waals surface area contributed by atoms with Gasteiger partial charge >= 0.3 is 0 Å². The highest BCUT2D eigenvalue weighted by atomic mass is 35.5. The number of methoxy groups -OCH3 is 2. The first-order valence-corrected chi connectivity index (χ1v) is 15.6. The van der Waals surface area contributed by atoms with Crippen LogP contribution in [0.4, 0.5) is 5.69 Å². The topological polar surface area (TPSA) is 105 Å². The van der Waals surface area contributed by atoms with Crippen LogP contribution in [0.5, 0.6) is 11.5 Å². The Morgan fingerprint density at radius 3 is 2.12 bits per heavy atom. The molecule has 3 aromatic carbocycles. The molecule has 3 rings (SSSR count). The summed E-state index contributed by atoms with van der Waals surface area (Å²) in [6.07, 6.45) is 0. The number of sulfonamides is 1. The van der Waals surface area contributed by atoms with Crippen molar-refractivity contribution in [2.24, 2.45) is 0 Å². The van der Waals surface area contributed by atoms with E-state index in [1.54, 1.807) is 43.3 Å². The summed E-state index contributed by atoms with van der Waals surface area (Å²) in [4.78, 5) is 28.7. The molecule has 12 heteroatoms. The molecule has 0 radical (unpaired) electrons. The van der Waals surface area contributed by atoms with Gasteiger partial charge in [-0.3, -0.25) is 13.9 Å². The number of hydrogen-bond donors (Lipinski definition) is 1. The van der Waals surface area contributed by atoms with Crippen LogP contribution in [-0.2, 0) is 26.2 Å². The summed E-state index contributed by atoms with van der Waals surface area (Å²) < 4.78 is 39.9. The Morgan fingerprint density at radius 2 is 1.56 bits per heavy atom. The molecule has 0 aromatic heterocycles. The van der Waals surface area contributed by atoms with E-state index in [0.717, 1.165) is 9.87 Å². The van der Waals surface area contributed by atoms with Gasteiger partial charge in [-0.25, -0.2) is 8.42 Å². The molecule has 0 bridgehead atoms. The number of anilines is 1. The maximum Gasteiger partial charge on any atom is 0.264 e. The van der Waals surface area contributed by atoms with E-state index in [0.29, 0.717) is 21.4 Å². The average molecular weight is 651 g/mol. The molecule has 0 aliphatic carbocycles. The molecule has 0 heterocycles. The molecule has 0 aliphatic heterocycles. The van der Waals surface area contributed by atoms with Crippen LogP contribution >= 0.6 is 23.2 Å². The van der Waals surface area contributed by atoms with Crippen molar-refractivity contribution in [1.29, 1.82) is 0 Å². The third-order valence-electron chi connectivity index (χ3n) is 6.56. The Labute approximate surface area is 263 Å². The smallest absolute Gasteiger partial charge is 0.264 e. The Bertz CT molecular complexity index is 1570. The second kappa shape index (κ2) is 13.9. The van der Waals surface area contributed by atoms with Crippen LogP contribution in [0.2, 0.25) is 10.0 Å². The Morgan fingerprint density at radius 1 is 0.930 bits per heavy atom. The summed E-state index contributed by atoms with van der Waals surface area (Å²) in [6, 6.07) is 14.7. The zero-order valence-electron chi connectivity index (χ0n) is 25.3. The molecule has 0 aliphatic rings. The van der Waals surface area contributed by atoms with Crippen molar-refractivity contribution in [3.63, 3.8) is 0 Å². The number of aryl methyl sites for hydroxylation is 1. The molecule has 0 spiro atoms. The molecular weight excluding hydrogens is 613 g/mol. The van der Waals surface area contributed by atoms with E-state index in [2.05, 4.69) is 5.32 Å². The first-order valence-electron chi connectivity index (χ1n) is 13.4. The Hall–Kier alpha value is -3.47. The predicted octanol–water partition coefficient (Wildman–Crippen LogP) is 5.85. The van der Waals surface area contributed by atoms with E-state index < -0.39 is 40.0 Å². The standard InChI is InChI=1S/C31H37Cl2N3O6S/c1-20-8-13-25(14-9-20)43(39,40)36(24-12-15-27(41-6)28(17-24)42-7)19-29(37)35(21(2)30(38)34-31(3,4)5)18-22-10-11-23(32)16-26(22)33/h8-17,21H,18-19H2,1-7H3,(H,34,38). The fourth-order valence-corrected chi connectivity index (χ4v) is 6.11. The van der Waals surface area contributed by atoms with Crippen molar-refractivity contribution in [3.05, 3.63) is 81.8 Å². The number of hydrogen-bond acceptors (Lipinski definition) is 6. The van der Waals surface area contributed by atoms with Gasteiger partial charge in [-0.05, 0) is 76.6 Å². The highest BCUT2D eigenvalue weighted by Gasteiger charge is 2.34. The van der Waals surface area contributed by atoms with E-state index in [1.165, 1.54) is 43.4 Å². The molecular formula is C31H37Cl2N3O6S. The first kappa shape index (κ1) is 34.0. The average Bonchev–Trinajstić information content (AvgIpc) is 2.94. The van der Waals surface area contributed by atoms with Gasteiger partial charge in [-0.15, -0.1) is 0 Å². The lowest BCUT2D eigenvalue weighted by Gasteiger charge is -2.33. The van der Waals surface area contributed by atoms with Crippen molar-refractivity contribution in [3.8, 4) is 11.5 Å². The lowest BCUT2D eigenvalue weighted by Crippen LogP contribution is -2.54. The van der Waals surface area contributed by atoms with E-state index >= 15 is 0 Å². The van der Waals surface area contributed by atoms with Crippen molar-refractivity contribution in [1.82, 2.24) is 10.2 Å². The van der Waals surface area contributed by atoms with Crippen molar-refractivity contribution in [2.45, 2.75) is 57.6 Å². The number of benzene rings is 3. The molecule has 232 valence electrons. The molecule has 3 aromatic rings. The molecule has 0 saturated carbocycles. The summed E-state index contributed by atoms with van der Waals surface area (Å²) in [7, 11) is -1.37. The van der Waals surface area contributed by atoms with Gasteiger partial charge in [0.25, 0.3) is 10.0 Å². The summed E-state index contributed by atoms with van der Waals surface area (Å²) in [5.41, 5.74) is 1.01. The molecule has 43 heavy (non-hydrogen) atoms. The predicted molar refractivity (Wildman–Crippen MR) is 170 cm³/mol. The largest absolute Gasteiger partial charge is 0.493 e. The lowest BCUT2D eigenvalue weighted by atomic mass is 10.1. The molecule has 0 saturated heterocycles. The van der Waals surface area contributed by atoms with E-state index in [-0.39, 0.29) is 22.9 Å². The van der Waals surface area contributed by atoms with Gasteiger partial charge in [0.05, 0.1) is 24.8 Å². The highest BCUT2D eigenvalue weighted by Crippen LogP contribution is 2.34. The lowest BCUT2D eigenvalue weighted by molar-refractivity contribution is -0.140. The Balaban J connectivity index is 2.12. The number of rotatable bonds is 11. The monoisotopic (exact) mass is 649 g/mol. The van der Waals surface area contributed by atoms with E-state index in [1.807, 2.05) is 27.7 Å². The number of carbonyl (C=O) groups excluding carboxylic acids is 2. The molecule has 1 unspecified atom stereocenters. The number of carbonyl (C=O) groups is 2. The maximum absolute atomic E-state index is 14.1. The zero-order valence-corrected chi connectivity index (χ0v) is 27.6. The SMILES string of the molecule is COc1ccc(N(CC(=O)N(Cc2ccc(Cl)cc2Cl)C(C)C(=O)NC(C)(C)C)S(=O)(=O)c2ccc(C)cc2)cc1OC. The molecule has 1 atom stereocenters. The van der Waals surface area contributed by atoms with Gasteiger partial charge < -0.3 is 19.7 Å². The van der Waals surface area contributed by atoms with Gasteiger partial charge in [0, 0.05) is 28.2 Å². The summed E-state index contributed by atoms with van der Waals surface area (Å²) in [5, 5.41) is 3.60. The van der Waals surface area contributed by atoms with Gasteiger partial charge in [0.1, 0.15) is 12.6 Å². The Kier molecular flexibility index (Phi) is 11.0. The minimum atomic E-state index is -4.26. The van der Waals surface area contributed by atoms with Gasteiger partial charge in [0.15, 0.2) is 11.5 Å². The van der Waals surface area contributed by atoms with Crippen LogP contribution in [-0.4, -0.2) is 57.5 Å². The summed E-state index contributed by atoms with van der Waals surface area (Å²) in [6.45, 7) is 8.21. The number of halogens is 2. The van der Waals surface area contributed by atoms with Gasteiger partial charge in [0.2, 0.25) is 11.8 Å². The van der Waals surface area contributed by atoms with Crippen LogP contribution in [0.1, 0.15) is 38.8 Å². The third kappa shape index (κ3) is 8.55.